The lowest BCUT2D eigenvalue weighted by Gasteiger charge is -2.37. The molecule has 0 N–H and O–H groups in total. The average Bonchev–Trinajstić information content (AvgIpc) is 3.06. The highest BCUT2D eigenvalue weighted by Gasteiger charge is 2.35. The second-order valence-electron chi connectivity index (χ2n) is 5.85. The second-order valence-corrected chi connectivity index (χ2v) is 6.28. The van der Waals surface area contributed by atoms with E-state index in [1.165, 1.54) is 0 Å². The number of halogens is 1. The van der Waals surface area contributed by atoms with E-state index in [1.807, 2.05) is 12.1 Å². The summed E-state index contributed by atoms with van der Waals surface area (Å²) in [5, 5.41) is 4.59. The number of hydrogen-bond donors (Lipinski definition) is 0. The average molecular weight is 356 g/mol. The van der Waals surface area contributed by atoms with Gasteiger partial charge >= 0.3 is 0 Å². The van der Waals surface area contributed by atoms with Crippen LogP contribution in [0.2, 0.25) is 5.02 Å². The standard InChI is InChI=1S/C17H14ClN5O2/c18-13-3-1-11(2-4-13)7-15(24)23-9-12(10-23)17-21-16(22-25-17)14-8-19-5-6-20-14/h1-6,8,12H,7,9-10H2. The Morgan fingerprint density at radius 2 is 2.04 bits per heavy atom. The summed E-state index contributed by atoms with van der Waals surface area (Å²) in [7, 11) is 0. The van der Waals surface area contributed by atoms with Crippen LogP contribution in [0.5, 0.6) is 0 Å². The zero-order chi connectivity index (χ0) is 17.2. The number of rotatable bonds is 4. The molecular weight excluding hydrogens is 342 g/mol. The van der Waals surface area contributed by atoms with Crippen LogP contribution in [0.25, 0.3) is 11.5 Å². The molecular formula is C17H14ClN5O2. The zero-order valence-electron chi connectivity index (χ0n) is 13.2. The molecule has 2 aromatic heterocycles. The van der Waals surface area contributed by atoms with Gasteiger partial charge in [0.05, 0.1) is 18.5 Å². The van der Waals surface area contributed by atoms with Crippen LogP contribution in [0.15, 0.2) is 47.4 Å². The van der Waals surface area contributed by atoms with Gasteiger partial charge in [-0.05, 0) is 17.7 Å². The summed E-state index contributed by atoms with van der Waals surface area (Å²) >= 11 is 5.86. The molecule has 4 rings (SSSR count). The molecule has 25 heavy (non-hydrogen) atoms. The Morgan fingerprint density at radius 1 is 1.24 bits per heavy atom. The minimum Gasteiger partial charge on any atom is -0.341 e. The molecule has 1 fully saturated rings. The van der Waals surface area contributed by atoms with Gasteiger partial charge in [0.25, 0.3) is 0 Å². The van der Waals surface area contributed by atoms with Crippen LogP contribution < -0.4 is 0 Å². The third-order valence-corrected chi connectivity index (χ3v) is 4.34. The lowest BCUT2D eigenvalue weighted by molar-refractivity contribution is -0.135. The fraction of sp³-hybridized carbons (Fsp3) is 0.235. The second kappa shape index (κ2) is 6.60. The summed E-state index contributed by atoms with van der Waals surface area (Å²) in [6.07, 6.45) is 5.10. The van der Waals surface area contributed by atoms with Crippen molar-refractivity contribution >= 4 is 17.5 Å². The minimum absolute atomic E-state index is 0.0621. The molecule has 3 aromatic rings. The minimum atomic E-state index is 0.0621. The molecule has 1 aliphatic heterocycles. The molecule has 1 aliphatic rings. The topological polar surface area (TPSA) is 85.0 Å². The first-order valence-electron chi connectivity index (χ1n) is 7.81. The van der Waals surface area contributed by atoms with E-state index in [9.17, 15) is 4.79 Å². The van der Waals surface area contributed by atoms with Gasteiger partial charge in [-0.1, -0.05) is 28.9 Å². The van der Waals surface area contributed by atoms with Gasteiger partial charge in [0, 0.05) is 30.5 Å². The molecule has 1 aromatic carbocycles. The lowest BCUT2D eigenvalue weighted by Crippen LogP contribution is -2.49. The van der Waals surface area contributed by atoms with Gasteiger partial charge in [-0.3, -0.25) is 9.78 Å². The SMILES string of the molecule is O=C(Cc1ccc(Cl)cc1)N1CC(c2nc(-c3cnccn3)no2)C1. The molecule has 3 heterocycles. The molecule has 0 atom stereocenters. The van der Waals surface area contributed by atoms with Gasteiger partial charge < -0.3 is 9.42 Å². The lowest BCUT2D eigenvalue weighted by atomic mass is 9.99. The van der Waals surface area contributed by atoms with Crippen molar-refractivity contribution in [3.05, 3.63) is 59.3 Å². The van der Waals surface area contributed by atoms with Gasteiger partial charge in [-0.15, -0.1) is 0 Å². The molecule has 1 saturated heterocycles. The predicted octanol–water partition coefficient (Wildman–Crippen LogP) is 2.35. The Kier molecular flexibility index (Phi) is 4.15. The molecule has 0 unspecified atom stereocenters. The van der Waals surface area contributed by atoms with Crippen molar-refractivity contribution in [2.75, 3.05) is 13.1 Å². The zero-order valence-corrected chi connectivity index (χ0v) is 13.9. The normalized spacial score (nSPS) is 14.4. The quantitative estimate of drug-likeness (QED) is 0.714. The van der Waals surface area contributed by atoms with E-state index in [4.69, 9.17) is 16.1 Å². The van der Waals surface area contributed by atoms with Crippen LogP contribution in [0.1, 0.15) is 17.4 Å². The Hall–Kier alpha value is -2.80. The maximum absolute atomic E-state index is 12.3. The van der Waals surface area contributed by atoms with Crippen molar-refractivity contribution in [3.63, 3.8) is 0 Å². The van der Waals surface area contributed by atoms with E-state index in [0.29, 0.717) is 41.9 Å². The molecule has 0 saturated carbocycles. The van der Waals surface area contributed by atoms with Crippen molar-refractivity contribution in [2.24, 2.45) is 0 Å². The summed E-state index contributed by atoms with van der Waals surface area (Å²) in [6, 6.07) is 7.30. The van der Waals surface area contributed by atoms with Gasteiger partial charge in [0.15, 0.2) is 0 Å². The summed E-state index contributed by atoms with van der Waals surface area (Å²) in [6.45, 7) is 1.16. The van der Waals surface area contributed by atoms with Crippen LogP contribution in [-0.2, 0) is 11.2 Å². The molecule has 0 radical (unpaired) electrons. The smallest absolute Gasteiger partial charge is 0.233 e. The number of benzene rings is 1. The van der Waals surface area contributed by atoms with Crippen molar-refractivity contribution in [1.29, 1.82) is 0 Å². The molecule has 8 heteroatoms. The van der Waals surface area contributed by atoms with Crippen LogP contribution in [-0.4, -0.2) is 44.0 Å². The number of hydrogen-bond acceptors (Lipinski definition) is 6. The van der Waals surface area contributed by atoms with E-state index in [0.717, 1.165) is 5.56 Å². The molecule has 126 valence electrons. The van der Waals surface area contributed by atoms with E-state index in [2.05, 4.69) is 20.1 Å². The first kappa shape index (κ1) is 15.7. The highest BCUT2D eigenvalue weighted by atomic mass is 35.5. The summed E-state index contributed by atoms with van der Waals surface area (Å²) in [5.74, 6) is 1.07. The molecule has 0 spiro atoms. The van der Waals surface area contributed by atoms with Gasteiger partial charge in [0.2, 0.25) is 17.6 Å². The molecule has 0 aliphatic carbocycles. The maximum Gasteiger partial charge on any atom is 0.233 e. The third-order valence-electron chi connectivity index (χ3n) is 4.09. The van der Waals surface area contributed by atoms with Gasteiger partial charge in [-0.25, -0.2) is 4.98 Å². The van der Waals surface area contributed by atoms with Crippen LogP contribution >= 0.6 is 11.6 Å². The Labute approximate surface area is 148 Å². The van der Waals surface area contributed by atoms with E-state index in [1.54, 1.807) is 35.6 Å². The summed E-state index contributed by atoms with van der Waals surface area (Å²) < 4.78 is 5.30. The third kappa shape index (κ3) is 3.36. The summed E-state index contributed by atoms with van der Waals surface area (Å²) in [5.41, 5.74) is 1.51. The first-order chi connectivity index (χ1) is 12.2. The highest BCUT2D eigenvalue weighted by Crippen LogP contribution is 2.27. The largest absolute Gasteiger partial charge is 0.341 e. The fourth-order valence-electron chi connectivity index (χ4n) is 2.65. The van der Waals surface area contributed by atoms with Crippen molar-refractivity contribution in [2.45, 2.75) is 12.3 Å². The fourth-order valence-corrected chi connectivity index (χ4v) is 2.77. The van der Waals surface area contributed by atoms with E-state index >= 15 is 0 Å². The Bertz CT molecular complexity index is 876. The van der Waals surface area contributed by atoms with Crippen LogP contribution in [0.3, 0.4) is 0 Å². The maximum atomic E-state index is 12.3. The number of likely N-dealkylation sites (tertiary alicyclic amines) is 1. The van der Waals surface area contributed by atoms with Crippen molar-refractivity contribution in [3.8, 4) is 11.5 Å². The number of amides is 1. The monoisotopic (exact) mass is 355 g/mol. The predicted molar refractivity (Wildman–Crippen MR) is 89.8 cm³/mol. The summed E-state index contributed by atoms with van der Waals surface area (Å²) in [4.78, 5) is 26.6. The van der Waals surface area contributed by atoms with E-state index < -0.39 is 0 Å². The number of aromatic nitrogens is 4. The van der Waals surface area contributed by atoms with Crippen molar-refractivity contribution < 1.29 is 9.32 Å². The van der Waals surface area contributed by atoms with Gasteiger partial charge in [0.1, 0.15) is 5.69 Å². The number of nitrogens with zero attached hydrogens (tertiary/aromatic N) is 5. The number of carbonyl (C=O) groups is 1. The highest BCUT2D eigenvalue weighted by molar-refractivity contribution is 6.30. The van der Waals surface area contributed by atoms with Crippen LogP contribution in [0.4, 0.5) is 0 Å². The first-order valence-corrected chi connectivity index (χ1v) is 8.19. The van der Waals surface area contributed by atoms with Crippen LogP contribution in [0, 0.1) is 0 Å². The van der Waals surface area contributed by atoms with Crippen molar-refractivity contribution in [1.82, 2.24) is 25.0 Å². The van der Waals surface area contributed by atoms with Gasteiger partial charge in [-0.2, -0.15) is 4.98 Å². The van der Waals surface area contributed by atoms with E-state index in [-0.39, 0.29) is 11.8 Å². The Morgan fingerprint density at radius 3 is 2.76 bits per heavy atom. The Balaban J connectivity index is 1.35. The molecule has 1 amide bonds. The number of carbonyl (C=O) groups excluding carboxylic acids is 1. The molecule has 0 bridgehead atoms. The molecule has 7 nitrogen and oxygen atoms in total.